The van der Waals surface area contributed by atoms with Crippen molar-refractivity contribution < 1.29 is 14.3 Å². The van der Waals surface area contributed by atoms with E-state index in [1.54, 1.807) is 20.8 Å². The van der Waals surface area contributed by atoms with Gasteiger partial charge in [-0.2, -0.15) is 0 Å². The molecule has 1 aliphatic carbocycles. The van der Waals surface area contributed by atoms with Crippen LogP contribution in [0.5, 0.6) is 0 Å². The van der Waals surface area contributed by atoms with Gasteiger partial charge in [-0.3, -0.25) is 10.1 Å². The van der Waals surface area contributed by atoms with E-state index in [0.29, 0.717) is 6.42 Å². The van der Waals surface area contributed by atoms with E-state index in [1.165, 1.54) is 32.1 Å². The molecule has 4 nitrogen and oxygen atoms in total. The van der Waals surface area contributed by atoms with E-state index in [2.05, 4.69) is 5.32 Å². The maximum Gasteiger partial charge on any atom is 0.414 e. The van der Waals surface area contributed by atoms with Crippen LogP contribution in [0.3, 0.4) is 0 Å². The minimum Gasteiger partial charge on any atom is -0.444 e. The second-order valence-electron chi connectivity index (χ2n) is 6.45. The molecular weight excluding hydrogens is 242 g/mol. The maximum absolute atomic E-state index is 11.6. The van der Waals surface area contributed by atoms with Crippen molar-refractivity contribution in [3.8, 4) is 0 Å². The van der Waals surface area contributed by atoms with Crippen LogP contribution >= 0.6 is 0 Å². The van der Waals surface area contributed by atoms with Crippen LogP contribution < -0.4 is 5.32 Å². The van der Waals surface area contributed by atoms with Gasteiger partial charge in [0.2, 0.25) is 5.91 Å². The minimum atomic E-state index is -0.643. The number of carbonyl (C=O) groups is 2. The van der Waals surface area contributed by atoms with Crippen LogP contribution in [0.4, 0.5) is 4.79 Å². The molecule has 1 aliphatic rings. The largest absolute Gasteiger partial charge is 0.444 e. The molecule has 1 fully saturated rings. The average Bonchev–Trinajstić information content (AvgIpc) is 2.27. The minimum absolute atomic E-state index is 0.231. The molecule has 0 aromatic heterocycles. The van der Waals surface area contributed by atoms with Crippen LogP contribution in [-0.4, -0.2) is 17.6 Å². The van der Waals surface area contributed by atoms with Crippen LogP contribution in [0.1, 0.15) is 72.1 Å². The molecule has 19 heavy (non-hydrogen) atoms. The molecule has 1 N–H and O–H groups in total. The summed E-state index contributed by atoms with van der Waals surface area (Å²) in [5.74, 6) is 0.549. The van der Waals surface area contributed by atoms with E-state index < -0.39 is 11.7 Å². The van der Waals surface area contributed by atoms with Crippen LogP contribution in [-0.2, 0) is 9.53 Å². The Morgan fingerprint density at radius 3 is 2.37 bits per heavy atom. The van der Waals surface area contributed by atoms with Gasteiger partial charge in [0.05, 0.1) is 0 Å². The van der Waals surface area contributed by atoms with E-state index in [4.69, 9.17) is 4.74 Å². The number of amides is 2. The highest BCUT2D eigenvalue weighted by Crippen LogP contribution is 2.27. The van der Waals surface area contributed by atoms with Crippen molar-refractivity contribution in [2.75, 3.05) is 0 Å². The Bertz CT molecular complexity index is 301. The first-order valence-electron chi connectivity index (χ1n) is 7.39. The fourth-order valence-corrected chi connectivity index (χ4v) is 2.51. The number of hydrogen-bond donors (Lipinski definition) is 1. The van der Waals surface area contributed by atoms with Crippen molar-refractivity contribution in [2.45, 2.75) is 77.7 Å². The first kappa shape index (κ1) is 16.0. The lowest BCUT2D eigenvalue weighted by Gasteiger charge is -2.21. The summed E-state index contributed by atoms with van der Waals surface area (Å²) in [6.45, 7) is 5.33. The van der Waals surface area contributed by atoms with Crippen molar-refractivity contribution in [3.05, 3.63) is 0 Å². The van der Waals surface area contributed by atoms with Crippen molar-refractivity contribution in [2.24, 2.45) is 5.92 Å². The zero-order valence-corrected chi connectivity index (χ0v) is 12.5. The predicted molar refractivity (Wildman–Crippen MR) is 74.8 cm³/mol. The molecule has 0 aromatic rings. The Hall–Kier alpha value is -1.06. The SMILES string of the molecule is CC(C)(C)OC(=O)NC(=O)CCCC1CCCCC1. The lowest BCUT2D eigenvalue weighted by Crippen LogP contribution is -2.36. The van der Waals surface area contributed by atoms with Gasteiger partial charge < -0.3 is 4.74 Å². The number of carbonyl (C=O) groups excluding carboxylic acids is 2. The molecule has 0 spiro atoms. The van der Waals surface area contributed by atoms with Gasteiger partial charge in [-0.05, 0) is 39.5 Å². The summed E-state index contributed by atoms with van der Waals surface area (Å²) < 4.78 is 5.03. The van der Waals surface area contributed by atoms with Crippen molar-refractivity contribution in [3.63, 3.8) is 0 Å². The molecule has 4 heteroatoms. The predicted octanol–water partition coefficient (Wildman–Crippen LogP) is 3.79. The topological polar surface area (TPSA) is 55.4 Å². The second-order valence-corrected chi connectivity index (χ2v) is 6.45. The summed E-state index contributed by atoms with van der Waals surface area (Å²) in [6, 6.07) is 0. The molecule has 0 saturated heterocycles. The van der Waals surface area contributed by atoms with Gasteiger partial charge >= 0.3 is 6.09 Å². The second kappa shape index (κ2) is 7.51. The summed E-state index contributed by atoms with van der Waals surface area (Å²) in [6.07, 6.45) is 8.34. The lowest BCUT2D eigenvalue weighted by atomic mass is 9.86. The van der Waals surface area contributed by atoms with Crippen LogP contribution in [0.2, 0.25) is 0 Å². The van der Waals surface area contributed by atoms with E-state index in [9.17, 15) is 9.59 Å². The highest BCUT2D eigenvalue weighted by molar-refractivity contribution is 5.91. The smallest absolute Gasteiger partial charge is 0.414 e. The van der Waals surface area contributed by atoms with Crippen LogP contribution in [0, 0.1) is 5.92 Å². The summed E-state index contributed by atoms with van der Waals surface area (Å²) >= 11 is 0. The Balaban J connectivity index is 2.12. The molecule has 0 atom stereocenters. The number of imide groups is 1. The average molecular weight is 269 g/mol. The monoisotopic (exact) mass is 269 g/mol. The van der Waals surface area contributed by atoms with Crippen molar-refractivity contribution in [1.82, 2.24) is 5.32 Å². The third kappa shape index (κ3) is 7.85. The zero-order valence-electron chi connectivity index (χ0n) is 12.5. The summed E-state index contributed by atoms with van der Waals surface area (Å²) in [4.78, 5) is 22.9. The molecular formula is C15H27NO3. The number of nitrogens with one attached hydrogen (secondary N) is 1. The van der Waals surface area contributed by atoms with Gasteiger partial charge in [-0.25, -0.2) is 4.79 Å². The van der Waals surface area contributed by atoms with E-state index >= 15 is 0 Å². The highest BCUT2D eigenvalue weighted by atomic mass is 16.6. The fraction of sp³-hybridized carbons (Fsp3) is 0.867. The van der Waals surface area contributed by atoms with Gasteiger partial charge in [0.15, 0.2) is 0 Å². The first-order chi connectivity index (χ1) is 8.87. The zero-order chi connectivity index (χ0) is 14.3. The summed E-state index contributed by atoms with van der Waals surface area (Å²) in [5, 5.41) is 2.27. The van der Waals surface area contributed by atoms with Gasteiger partial charge in [-0.1, -0.05) is 32.1 Å². The highest BCUT2D eigenvalue weighted by Gasteiger charge is 2.18. The normalized spacial score (nSPS) is 17.0. The van der Waals surface area contributed by atoms with Crippen LogP contribution in [0.25, 0.3) is 0 Å². The molecule has 0 radical (unpaired) electrons. The van der Waals surface area contributed by atoms with Gasteiger partial charge in [0.25, 0.3) is 0 Å². The Labute approximate surface area is 116 Å². The molecule has 2 amide bonds. The standard InChI is InChI=1S/C15H27NO3/c1-15(2,3)19-14(18)16-13(17)11-7-10-12-8-5-4-6-9-12/h12H,4-11H2,1-3H3,(H,16,17,18). The van der Waals surface area contributed by atoms with E-state index in [-0.39, 0.29) is 5.91 Å². The van der Waals surface area contributed by atoms with E-state index in [1.807, 2.05) is 0 Å². The summed E-state index contributed by atoms with van der Waals surface area (Å²) in [5.41, 5.74) is -0.563. The number of hydrogen-bond acceptors (Lipinski definition) is 3. The van der Waals surface area contributed by atoms with Crippen molar-refractivity contribution >= 4 is 12.0 Å². The third-order valence-electron chi connectivity index (χ3n) is 3.38. The molecule has 110 valence electrons. The molecule has 0 heterocycles. The first-order valence-corrected chi connectivity index (χ1v) is 7.39. The quantitative estimate of drug-likeness (QED) is 0.844. The Morgan fingerprint density at radius 1 is 1.16 bits per heavy atom. The maximum atomic E-state index is 11.6. The van der Waals surface area contributed by atoms with E-state index in [0.717, 1.165) is 18.8 Å². The fourth-order valence-electron chi connectivity index (χ4n) is 2.51. The molecule has 0 unspecified atom stereocenters. The number of alkyl carbamates (subject to hydrolysis) is 1. The number of ether oxygens (including phenoxy) is 1. The number of rotatable bonds is 4. The molecule has 0 aromatic carbocycles. The lowest BCUT2D eigenvalue weighted by molar-refractivity contribution is -0.120. The van der Waals surface area contributed by atoms with Gasteiger partial charge in [0, 0.05) is 6.42 Å². The summed E-state index contributed by atoms with van der Waals surface area (Å²) in [7, 11) is 0. The molecule has 1 rings (SSSR count). The third-order valence-corrected chi connectivity index (χ3v) is 3.38. The van der Waals surface area contributed by atoms with Crippen molar-refractivity contribution in [1.29, 1.82) is 0 Å². The Morgan fingerprint density at radius 2 is 1.79 bits per heavy atom. The molecule has 0 aliphatic heterocycles. The van der Waals surface area contributed by atoms with Gasteiger partial charge in [-0.15, -0.1) is 0 Å². The van der Waals surface area contributed by atoms with Crippen LogP contribution in [0.15, 0.2) is 0 Å². The molecule has 0 bridgehead atoms. The van der Waals surface area contributed by atoms with Gasteiger partial charge in [0.1, 0.15) is 5.60 Å². The molecule has 1 saturated carbocycles. The Kier molecular flexibility index (Phi) is 6.32.